The second-order valence-electron chi connectivity index (χ2n) is 2.72. The number of ether oxygens (including phenoxy) is 2. The molecule has 1 rings (SSSR count). The van der Waals surface area contributed by atoms with E-state index in [9.17, 15) is 0 Å². The molecule has 0 atom stereocenters. The zero-order chi connectivity index (χ0) is 10.6. The van der Waals surface area contributed by atoms with Gasteiger partial charge < -0.3 is 20.9 Å². The Morgan fingerprint density at radius 1 is 1.21 bits per heavy atom. The van der Waals surface area contributed by atoms with E-state index in [1.807, 2.05) is 0 Å². The molecule has 14 heavy (non-hydrogen) atoms. The molecule has 1 heterocycles. The summed E-state index contributed by atoms with van der Waals surface area (Å²) < 4.78 is 10.1. The maximum Gasteiger partial charge on any atom is 0.242 e. The molecule has 0 aliphatic rings. The van der Waals surface area contributed by atoms with Crippen molar-refractivity contribution in [2.75, 3.05) is 31.8 Å². The van der Waals surface area contributed by atoms with E-state index < -0.39 is 0 Å². The number of hydrogen-bond donors (Lipinski definition) is 2. The fourth-order valence-corrected chi connectivity index (χ4v) is 0.908. The Morgan fingerprint density at radius 2 is 1.93 bits per heavy atom. The molecule has 0 spiro atoms. The van der Waals surface area contributed by atoms with Crippen LogP contribution in [0.15, 0.2) is 0 Å². The lowest BCUT2D eigenvalue weighted by atomic mass is 10.4. The van der Waals surface area contributed by atoms with E-state index in [1.54, 1.807) is 14.0 Å². The van der Waals surface area contributed by atoms with E-state index in [0.29, 0.717) is 24.9 Å². The molecule has 0 fully saturated rings. The lowest BCUT2D eigenvalue weighted by Gasteiger charge is -2.08. The van der Waals surface area contributed by atoms with Gasteiger partial charge in [-0.3, -0.25) is 0 Å². The van der Waals surface area contributed by atoms with Crippen molar-refractivity contribution in [2.24, 2.45) is 0 Å². The molecule has 4 N–H and O–H groups in total. The smallest absolute Gasteiger partial charge is 0.242 e. The van der Waals surface area contributed by atoms with E-state index in [4.69, 9.17) is 20.9 Å². The van der Waals surface area contributed by atoms with Gasteiger partial charge in [-0.15, -0.1) is 0 Å². The summed E-state index contributed by atoms with van der Waals surface area (Å²) in [5.41, 5.74) is 11.4. The molecule has 0 aliphatic heterocycles. The summed E-state index contributed by atoms with van der Waals surface area (Å²) in [7, 11) is 1.59. The SMILES string of the molecule is COCCOc1nc(C)nc(N)c1N. The molecule has 0 radical (unpaired) electrons. The largest absolute Gasteiger partial charge is 0.474 e. The van der Waals surface area contributed by atoms with Gasteiger partial charge in [0, 0.05) is 7.11 Å². The van der Waals surface area contributed by atoms with Crippen LogP contribution in [0.4, 0.5) is 11.5 Å². The number of methoxy groups -OCH3 is 1. The topological polar surface area (TPSA) is 96.3 Å². The number of nitrogen functional groups attached to an aromatic ring is 2. The predicted molar refractivity (Wildman–Crippen MR) is 53.0 cm³/mol. The van der Waals surface area contributed by atoms with E-state index in [2.05, 4.69) is 9.97 Å². The number of rotatable bonds is 4. The van der Waals surface area contributed by atoms with Crippen molar-refractivity contribution < 1.29 is 9.47 Å². The Morgan fingerprint density at radius 3 is 2.57 bits per heavy atom. The number of hydrogen-bond acceptors (Lipinski definition) is 6. The fourth-order valence-electron chi connectivity index (χ4n) is 0.908. The molecular weight excluding hydrogens is 184 g/mol. The lowest BCUT2D eigenvalue weighted by molar-refractivity contribution is 0.144. The van der Waals surface area contributed by atoms with Gasteiger partial charge in [0.2, 0.25) is 5.88 Å². The van der Waals surface area contributed by atoms with Crippen molar-refractivity contribution in [3.05, 3.63) is 5.82 Å². The minimum atomic E-state index is 0.241. The first kappa shape index (κ1) is 10.5. The normalized spacial score (nSPS) is 10.1. The molecule has 1 aromatic heterocycles. The van der Waals surface area contributed by atoms with Gasteiger partial charge in [-0.2, -0.15) is 4.98 Å². The molecule has 0 unspecified atom stereocenters. The third kappa shape index (κ3) is 2.46. The van der Waals surface area contributed by atoms with Gasteiger partial charge in [0.05, 0.1) is 6.61 Å². The maximum absolute atomic E-state index is 5.62. The minimum Gasteiger partial charge on any atom is -0.474 e. The van der Waals surface area contributed by atoms with Crippen molar-refractivity contribution in [3.8, 4) is 5.88 Å². The highest BCUT2D eigenvalue weighted by atomic mass is 16.5. The number of anilines is 2. The summed E-state index contributed by atoms with van der Waals surface area (Å²) in [6, 6.07) is 0. The van der Waals surface area contributed by atoms with Crippen LogP contribution in [0.5, 0.6) is 5.88 Å². The van der Waals surface area contributed by atoms with Crippen LogP contribution in [0.25, 0.3) is 0 Å². The van der Waals surface area contributed by atoms with E-state index in [0.717, 1.165) is 0 Å². The summed E-state index contributed by atoms with van der Waals surface area (Å²) in [6.07, 6.45) is 0. The standard InChI is InChI=1S/C8H14N4O2/c1-5-11-7(10)6(9)8(12-5)14-4-3-13-2/h3-4,9H2,1-2H3,(H2,10,11,12). The van der Waals surface area contributed by atoms with Crippen LogP contribution in [-0.4, -0.2) is 30.3 Å². The average Bonchev–Trinajstić information content (AvgIpc) is 2.13. The summed E-state index contributed by atoms with van der Waals surface area (Å²) in [5, 5.41) is 0. The predicted octanol–water partition coefficient (Wildman–Crippen LogP) is -0.0254. The second kappa shape index (κ2) is 4.61. The molecule has 0 saturated heterocycles. The second-order valence-corrected chi connectivity index (χ2v) is 2.72. The molecule has 78 valence electrons. The first-order valence-corrected chi connectivity index (χ1v) is 4.16. The first-order valence-electron chi connectivity index (χ1n) is 4.16. The van der Waals surface area contributed by atoms with Gasteiger partial charge >= 0.3 is 0 Å². The summed E-state index contributed by atoms with van der Waals surface area (Å²) in [4.78, 5) is 7.90. The zero-order valence-corrected chi connectivity index (χ0v) is 8.28. The highest BCUT2D eigenvalue weighted by Gasteiger charge is 2.08. The quantitative estimate of drug-likeness (QED) is 0.660. The average molecular weight is 198 g/mol. The van der Waals surface area contributed by atoms with Crippen molar-refractivity contribution in [1.82, 2.24) is 9.97 Å². The molecular formula is C8H14N4O2. The number of nitrogens with zero attached hydrogens (tertiary/aromatic N) is 2. The van der Waals surface area contributed by atoms with Crippen LogP contribution in [0, 0.1) is 6.92 Å². The Bertz CT molecular complexity index is 316. The van der Waals surface area contributed by atoms with Crippen molar-refractivity contribution in [3.63, 3.8) is 0 Å². The van der Waals surface area contributed by atoms with Crippen LogP contribution in [-0.2, 0) is 4.74 Å². The molecule has 0 aromatic carbocycles. The van der Waals surface area contributed by atoms with Crippen LogP contribution >= 0.6 is 0 Å². The molecule has 0 aliphatic carbocycles. The highest BCUT2D eigenvalue weighted by Crippen LogP contribution is 2.22. The van der Waals surface area contributed by atoms with Gasteiger partial charge in [-0.05, 0) is 6.92 Å². The highest BCUT2D eigenvalue weighted by molar-refractivity contribution is 5.64. The van der Waals surface area contributed by atoms with Crippen molar-refractivity contribution in [2.45, 2.75) is 6.92 Å². The van der Waals surface area contributed by atoms with Crippen LogP contribution in [0.3, 0.4) is 0 Å². The summed E-state index contributed by atoms with van der Waals surface area (Å²) >= 11 is 0. The van der Waals surface area contributed by atoms with Crippen LogP contribution < -0.4 is 16.2 Å². The summed E-state index contributed by atoms with van der Waals surface area (Å²) in [6.45, 7) is 2.58. The van der Waals surface area contributed by atoms with Crippen molar-refractivity contribution in [1.29, 1.82) is 0 Å². The van der Waals surface area contributed by atoms with Gasteiger partial charge in [0.1, 0.15) is 18.1 Å². The number of aryl methyl sites for hydroxylation is 1. The molecule has 6 heteroatoms. The maximum atomic E-state index is 5.62. The van der Waals surface area contributed by atoms with E-state index in [-0.39, 0.29) is 11.5 Å². The fraction of sp³-hybridized carbons (Fsp3) is 0.500. The Hall–Kier alpha value is -1.56. The monoisotopic (exact) mass is 198 g/mol. The minimum absolute atomic E-state index is 0.241. The van der Waals surface area contributed by atoms with Gasteiger partial charge in [-0.1, -0.05) is 0 Å². The van der Waals surface area contributed by atoms with Gasteiger partial charge in [0.25, 0.3) is 0 Å². The summed E-state index contributed by atoms with van der Waals surface area (Å²) in [5.74, 6) is 1.08. The van der Waals surface area contributed by atoms with Gasteiger partial charge in [-0.25, -0.2) is 4.98 Å². The molecule has 0 bridgehead atoms. The Balaban J connectivity index is 2.75. The first-order chi connectivity index (χ1) is 6.65. The van der Waals surface area contributed by atoms with E-state index in [1.165, 1.54) is 0 Å². The van der Waals surface area contributed by atoms with Gasteiger partial charge in [0.15, 0.2) is 5.82 Å². The molecule has 0 amide bonds. The van der Waals surface area contributed by atoms with Crippen LogP contribution in [0.2, 0.25) is 0 Å². The number of nitrogens with two attached hydrogens (primary N) is 2. The third-order valence-electron chi connectivity index (χ3n) is 1.58. The Kier molecular flexibility index (Phi) is 3.47. The Labute approximate surface area is 82.2 Å². The lowest BCUT2D eigenvalue weighted by Crippen LogP contribution is -2.10. The van der Waals surface area contributed by atoms with Crippen LogP contribution in [0.1, 0.15) is 5.82 Å². The van der Waals surface area contributed by atoms with E-state index >= 15 is 0 Å². The molecule has 1 aromatic rings. The number of aromatic nitrogens is 2. The third-order valence-corrected chi connectivity index (χ3v) is 1.58. The molecule has 6 nitrogen and oxygen atoms in total. The molecule has 0 saturated carbocycles. The van der Waals surface area contributed by atoms with Crippen molar-refractivity contribution >= 4 is 11.5 Å². The zero-order valence-electron chi connectivity index (χ0n) is 8.28.